The summed E-state index contributed by atoms with van der Waals surface area (Å²) in [4.78, 5) is 0. The van der Waals surface area contributed by atoms with Crippen LogP contribution >= 0.6 is 0 Å². The quantitative estimate of drug-likeness (QED) is 0.405. The van der Waals surface area contributed by atoms with E-state index in [-0.39, 0.29) is 31.6 Å². The van der Waals surface area contributed by atoms with Crippen LogP contribution in [0.5, 0.6) is 0 Å². The van der Waals surface area contributed by atoms with E-state index in [2.05, 4.69) is 88.4 Å². The molecule has 1 heteroatoms. The fourth-order valence-electron chi connectivity index (χ4n) is 3.73. The number of rotatable bonds is 1. The van der Waals surface area contributed by atoms with E-state index in [1.165, 1.54) is 38.3 Å². The van der Waals surface area contributed by atoms with Gasteiger partial charge in [0.15, 0.2) is 0 Å². The SMILES string of the molecule is CC1C=C(C(C)(C)C)C=C1c1cccc2c1[cH-]c1ccccc12.[Zr]. The molecule has 1 aliphatic carbocycles. The van der Waals surface area contributed by atoms with Crippen molar-refractivity contribution < 1.29 is 26.2 Å². The van der Waals surface area contributed by atoms with E-state index in [9.17, 15) is 0 Å². The molecule has 0 radical (unpaired) electrons. The fraction of sp³-hybridized carbons (Fsp3) is 0.261. The normalized spacial score (nSPS) is 17.8. The Morgan fingerprint density at radius 1 is 0.917 bits per heavy atom. The minimum Gasteiger partial charge on any atom is -0.126 e. The molecule has 0 saturated carbocycles. The second-order valence-corrected chi connectivity index (χ2v) is 7.76. The number of hydrogen-bond donors (Lipinski definition) is 0. The maximum atomic E-state index is 2.43. The zero-order valence-electron chi connectivity index (χ0n) is 14.9. The molecular formula is C23H23Zr-. The van der Waals surface area contributed by atoms with Gasteiger partial charge in [0, 0.05) is 26.2 Å². The van der Waals surface area contributed by atoms with Crippen molar-refractivity contribution >= 4 is 27.1 Å². The van der Waals surface area contributed by atoms with Gasteiger partial charge in [0.2, 0.25) is 0 Å². The van der Waals surface area contributed by atoms with E-state index in [1.807, 2.05) is 0 Å². The summed E-state index contributed by atoms with van der Waals surface area (Å²) in [5.74, 6) is 0.479. The van der Waals surface area contributed by atoms with E-state index in [0.717, 1.165) is 0 Å². The molecule has 0 N–H and O–H groups in total. The van der Waals surface area contributed by atoms with Gasteiger partial charge in [0.1, 0.15) is 0 Å². The second-order valence-electron chi connectivity index (χ2n) is 7.76. The summed E-state index contributed by atoms with van der Waals surface area (Å²) in [5.41, 5.74) is 4.51. The number of allylic oxidation sites excluding steroid dienone is 4. The van der Waals surface area contributed by atoms with Gasteiger partial charge in [-0.1, -0.05) is 87.4 Å². The van der Waals surface area contributed by atoms with Crippen LogP contribution in [-0.4, -0.2) is 0 Å². The summed E-state index contributed by atoms with van der Waals surface area (Å²) in [6, 6.07) is 17.8. The first-order valence-corrected chi connectivity index (χ1v) is 8.46. The summed E-state index contributed by atoms with van der Waals surface area (Å²) in [7, 11) is 0. The van der Waals surface area contributed by atoms with Crippen LogP contribution in [0.4, 0.5) is 0 Å². The van der Waals surface area contributed by atoms with Crippen molar-refractivity contribution in [1.82, 2.24) is 0 Å². The van der Waals surface area contributed by atoms with Crippen LogP contribution in [0.15, 0.2) is 66.3 Å². The van der Waals surface area contributed by atoms with Gasteiger partial charge in [-0.15, -0.1) is 33.7 Å². The number of fused-ring (bicyclic) bond motifs is 3. The molecule has 0 amide bonds. The Morgan fingerprint density at radius 3 is 2.33 bits per heavy atom. The van der Waals surface area contributed by atoms with Crippen LogP contribution in [0.25, 0.3) is 27.1 Å². The maximum Gasteiger partial charge on any atom is 0 e. The van der Waals surface area contributed by atoms with Gasteiger partial charge in [-0.3, -0.25) is 0 Å². The predicted octanol–water partition coefficient (Wildman–Crippen LogP) is 6.72. The molecule has 0 saturated heterocycles. The van der Waals surface area contributed by atoms with E-state index in [1.54, 1.807) is 0 Å². The van der Waals surface area contributed by atoms with Gasteiger partial charge < -0.3 is 0 Å². The Bertz CT molecular complexity index is 961. The number of hydrogen-bond acceptors (Lipinski definition) is 0. The average Bonchev–Trinajstić information content (AvgIpc) is 3.07. The van der Waals surface area contributed by atoms with Gasteiger partial charge in [0.05, 0.1) is 0 Å². The summed E-state index contributed by atoms with van der Waals surface area (Å²) in [5, 5.41) is 5.45. The Kier molecular flexibility index (Phi) is 4.51. The number of benzene rings is 2. The van der Waals surface area contributed by atoms with Crippen LogP contribution in [-0.2, 0) is 26.2 Å². The Balaban J connectivity index is 0.00000169. The van der Waals surface area contributed by atoms with Gasteiger partial charge in [-0.05, 0) is 16.9 Å². The molecule has 0 heterocycles. The van der Waals surface area contributed by atoms with E-state index >= 15 is 0 Å². The molecule has 0 spiro atoms. The third kappa shape index (κ3) is 2.78. The Hall–Kier alpha value is -1.33. The predicted molar refractivity (Wildman–Crippen MR) is 102 cm³/mol. The standard InChI is InChI=1S/C23H23.Zr/c1-15-12-17(23(2,3)4)14-21(15)20-11-7-10-19-18-9-6-5-8-16(18)13-22(19)20;/h5-15H,1-4H3;/q-1;. The van der Waals surface area contributed by atoms with Gasteiger partial charge in [-0.25, -0.2) is 0 Å². The van der Waals surface area contributed by atoms with Crippen molar-refractivity contribution in [2.75, 3.05) is 0 Å². The first-order chi connectivity index (χ1) is 10.9. The van der Waals surface area contributed by atoms with Crippen molar-refractivity contribution in [1.29, 1.82) is 0 Å². The van der Waals surface area contributed by atoms with Crippen LogP contribution in [0.3, 0.4) is 0 Å². The van der Waals surface area contributed by atoms with Crippen molar-refractivity contribution in [3.05, 3.63) is 71.8 Å². The van der Waals surface area contributed by atoms with Crippen LogP contribution in [0.1, 0.15) is 33.3 Å². The third-order valence-electron chi connectivity index (χ3n) is 5.07. The average molecular weight is 391 g/mol. The van der Waals surface area contributed by atoms with E-state index < -0.39 is 0 Å². The monoisotopic (exact) mass is 389 g/mol. The zero-order valence-corrected chi connectivity index (χ0v) is 17.3. The molecule has 0 nitrogen and oxygen atoms in total. The molecule has 120 valence electrons. The van der Waals surface area contributed by atoms with Crippen LogP contribution in [0.2, 0.25) is 0 Å². The zero-order chi connectivity index (χ0) is 16.2. The van der Waals surface area contributed by atoms with Crippen molar-refractivity contribution in [3.8, 4) is 0 Å². The van der Waals surface area contributed by atoms with Crippen molar-refractivity contribution in [2.45, 2.75) is 27.7 Å². The largest absolute Gasteiger partial charge is 0.126 e. The van der Waals surface area contributed by atoms with E-state index in [4.69, 9.17) is 0 Å². The van der Waals surface area contributed by atoms with E-state index in [0.29, 0.717) is 5.92 Å². The van der Waals surface area contributed by atoms with Crippen LogP contribution in [0, 0.1) is 11.3 Å². The molecule has 0 aromatic heterocycles. The summed E-state index contributed by atoms with van der Waals surface area (Å²) in [6.45, 7) is 9.19. The minimum absolute atomic E-state index is 0. The molecule has 0 fully saturated rings. The molecule has 0 aliphatic heterocycles. The molecule has 1 aliphatic rings. The molecule has 1 unspecified atom stereocenters. The molecule has 4 rings (SSSR count). The molecule has 3 aromatic carbocycles. The molecule has 0 bridgehead atoms. The molecule has 1 atom stereocenters. The maximum absolute atomic E-state index is 2.43. The second kappa shape index (κ2) is 6.19. The molecule has 3 aromatic rings. The van der Waals surface area contributed by atoms with Crippen molar-refractivity contribution in [2.24, 2.45) is 11.3 Å². The van der Waals surface area contributed by atoms with Gasteiger partial charge in [-0.2, -0.15) is 0 Å². The topological polar surface area (TPSA) is 0 Å². The Labute approximate surface area is 163 Å². The Morgan fingerprint density at radius 2 is 1.62 bits per heavy atom. The summed E-state index contributed by atoms with van der Waals surface area (Å²) < 4.78 is 0. The van der Waals surface area contributed by atoms with Crippen molar-refractivity contribution in [3.63, 3.8) is 0 Å². The smallest absolute Gasteiger partial charge is 0 e. The van der Waals surface area contributed by atoms with Crippen LogP contribution < -0.4 is 0 Å². The first kappa shape index (κ1) is 17.5. The van der Waals surface area contributed by atoms with Gasteiger partial charge in [0.25, 0.3) is 0 Å². The molecule has 24 heavy (non-hydrogen) atoms. The summed E-state index contributed by atoms with van der Waals surface area (Å²) in [6.07, 6.45) is 4.84. The first-order valence-electron chi connectivity index (χ1n) is 8.46. The molecular weight excluding hydrogens is 367 g/mol. The summed E-state index contributed by atoms with van der Waals surface area (Å²) >= 11 is 0. The van der Waals surface area contributed by atoms with Gasteiger partial charge >= 0.3 is 0 Å². The fourth-order valence-corrected chi connectivity index (χ4v) is 3.73. The minimum atomic E-state index is 0. The third-order valence-corrected chi connectivity index (χ3v) is 5.07.